The van der Waals surface area contributed by atoms with Gasteiger partial charge in [0.25, 0.3) is 0 Å². The molecule has 0 fully saturated rings. The van der Waals surface area contributed by atoms with Crippen LogP contribution in [-0.2, 0) is 5.54 Å². The number of likely N-dealkylation sites (N-methyl/N-ethyl adjacent to an activating group) is 1. The van der Waals surface area contributed by atoms with E-state index in [-0.39, 0.29) is 5.54 Å². The van der Waals surface area contributed by atoms with Gasteiger partial charge in [-0.25, -0.2) is 0 Å². The van der Waals surface area contributed by atoms with E-state index in [2.05, 4.69) is 46.0 Å². The van der Waals surface area contributed by atoms with E-state index in [4.69, 9.17) is 0 Å². The molecule has 1 aliphatic rings. The number of nitrogens with one attached hydrogen (secondary N) is 2. The highest BCUT2D eigenvalue weighted by molar-refractivity contribution is 5.45. The van der Waals surface area contributed by atoms with Gasteiger partial charge >= 0.3 is 0 Å². The predicted octanol–water partition coefficient (Wildman–Crippen LogP) is 2.05. The fraction of sp³-hybridized carbons (Fsp3) is 0.308. The van der Waals surface area contributed by atoms with Crippen molar-refractivity contribution in [2.24, 2.45) is 0 Å². The molecule has 0 amide bonds. The second kappa shape index (κ2) is 4.49. The lowest BCUT2D eigenvalue weighted by Gasteiger charge is -2.30. The molecule has 1 aliphatic carbocycles. The summed E-state index contributed by atoms with van der Waals surface area (Å²) in [4.78, 5) is 4.47. The molecule has 1 atom stereocenters. The van der Waals surface area contributed by atoms with Crippen molar-refractivity contribution in [1.29, 1.82) is 0 Å². The monoisotopic (exact) mass is 215 g/mol. The first-order chi connectivity index (χ1) is 7.80. The number of anilines is 1. The molecular formula is C13H17N3. The Balaban J connectivity index is 2.40. The smallest absolute Gasteiger partial charge is 0.0830 e. The molecule has 1 aromatic rings. The average molecular weight is 215 g/mol. The second-order valence-corrected chi connectivity index (χ2v) is 3.89. The molecule has 0 radical (unpaired) electrons. The molecule has 2 rings (SSSR count). The number of allylic oxidation sites excluding steroid dienone is 2. The van der Waals surface area contributed by atoms with Gasteiger partial charge in [-0.1, -0.05) is 24.3 Å². The number of rotatable bonds is 3. The molecule has 1 aromatic heterocycles. The maximum absolute atomic E-state index is 4.47. The number of hydrogen-bond donors (Lipinski definition) is 2. The van der Waals surface area contributed by atoms with Crippen LogP contribution >= 0.6 is 0 Å². The van der Waals surface area contributed by atoms with Gasteiger partial charge in [-0.2, -0.15) is 0 Å². The summed E-state index contributed by atoms with van der Waals surface area (Å²) in [5.74, 6) is 0. The number of nitrogens with zero attached hydrogens (tertiary/aromatic N) is 1. The molecule has 3 heteroatoms. The standard InChI is InChI=1S/C13H17N3/c1-14-11-6-9-16-12(10-11)13(15-2)7-4-3-5-8-13/h3-7,9-10,15H,8H2,1-2H3,(H,14,16). The molecule has 0 bridgehead atoms. The normalized spacial score (nSPS) is 23.4. The van der Waals surface area contributed by atoms with Crippen molar-refractivity contribution in [3.63, 3.8) is 0 Å². The first kappa shape index (κ1) is 10.9. The van der Waals surface area contributed by atoms with Gasteiger partial charge in [0.1, 0.15) is 0 Å². The van der Waals surface area contributed by atoms with Crippen LogP contribution in [0.1, 0.15) is 12.1 Å². The quantitative estimate of drug-likeness (QED) is 0.810. The van der Waals surface area contributed by atoms with Crippen LogP contribution in [0.4, 0.5) is 5.69 Å². The Morgan fingerprint density at radius 3 is 2.81 bits per heavy atom. The van der Waals surface area contributed by atoms with Crippen molar-refractivity contribution >= 4 is 5.69 Å². The van der Waals surface area contributed by atoms with Crippen LogP contribution in [0.3, 0.4) is 0 Å². The summed E-state index contributed by atoms with van der Waals surface area (Å²) in [6.07, 6.45) is 11.2. The minimum atomic E-state index is -0.165. The van der Waals surface area contributed by atoms with Gasteiger partial charge in [0.15, 0.2) is 0 Å². The SMILES string of the molecule is CNc1ccnc(C2(NC)C=CC=CC2)c1. The first-order valence-corrected chi connectivity index (χ1v) is 5.48. The molecular weight excluding hydrogens is 198 g/mol. The summed E-state index contributed by atoms with van der Waals surface area (Å²) in [7, 11) is 3.89. The Morgan fingerprint density at radius 2 is 2.19 bits per heavy atom. The minimum absolute atomic E-state index is 0.165. The third-order valence-electron chi connectivity index (χ3n) is 3.02. The molecule has 16 heavy (non-hydrogen) atoms. The molecule has 84 valence electrons. The molecule has 0 aliphatic heterocycles. The molecule has 1 unspecified atom stereocenters. The van der Waals surface area contributed by atoms with E-state index in [0.29, 0.717) is 0 Å². The van der Waals surface area contributed by atoms with Crippen LogP contribution in [0.2, 0.25) is 0 Å². The van der Waals surface area contributed by atoms with Gasteiger partial charge in [-0.05, 0) is 25.6 Å². The Kier molecular flexibility index (Phi) is 3.06. The van der Waals surface area contributed by atoms with Crippen LogP contribution in [0.25, 0.3) is 0 Å². The zero-order chi connectivity index (χ0) is 11.4. The summed E-state index contributed by atoms with van der Waals surface area (Å²) in [6.45, 7) is 0. The molecule has 3 nitrogen and oxygen atoms in total. The van der Waals surface area contributed by atoms with Crippen LogP contribution in [0.15, 0.2) is 42.6 Å². The number of pyridine rings is 1. The zero-order valence-corrected chi connectivity index (χ0v) is 9.70. The van der Waals surface area contributed by atoms with Crippen LogP contribution in [0, 0.1) is 0 Å². The minimum Gasteiger partial charge on any atom is -0.388 e. The molecule has 0 saturated carbocycles. The number of hydrogen-bond acceptors (Lipinski definition) is 3. The predicted molar refractivity (Wildman–Crippen MR) is 67.4 cm³/mol. The fourth-order valence-electron chi connectivity index (χ4n) is 1.95. The average Bonchev–Trinajstić information content (AvgIpc) is 2.39. The Morgan fingerprint density at radius 1 is 1.31 bits per heavy atom. The summed E-state index contributed by atoms with van der Waals surface area (Å²) < 4.78 is 0. The third-order valence-corrected chi connectivity index (χ3v) is 3.02. The van der Waals surface area contributed by atoms with Crippen molar-refractivity contribution in [3.8, 4) is 0 Å². The van der Waals surface area contributed by atoms with Crippen molar-refractivity contribution in [2.75, 3.05) is 19.4 Å². The van der Waals surface area contributed by atoms with E-state index >= 15 is 0 Å². The lowest BCUT2D eigenvalue weighted by atomic mass is 9.87. The largest absolute Gasteiger partial charge is 0.388 e. The van der Waals surface area contributed by atoms with Gasteiger partial charge in [-0.15, -0.1) is 0 Å². The van der Waals surface area contributed by atoms with E-state index in [1.807, 2.05) is 26.4 Å². The van der Waals surface area contributed by atoms with Crippen molar-refractivity contribution in [3.05, 3.63) is 48.3 Å². The van der Waals surface area contributed by atoms with Crippen LogP contribution < -0.4 is 10.6 Å². The van der Waals surface area contributed by atoms with Gasteiger partial charge < -0.3 is 10.6 Å². The first-order valence-electron chi connectivity index (χ1n) is 5.48. The Bertz CT molecular complexity index is 423. The highest BCUT2D eigenvalue weighted by Gasteiger charge is 2.28. The van der Waals surface area contributed by atoms with Gasteiger partial charge in [0.05, 0.1) is 11.2 Å². The van der Waals surface area contributed by atoms with Gasteiger partial charge in [0, 0.05) is 18.9 Å². The number of aromatic nitrogens is 1. The van der Waals surface area contributed by atoms with E-state index in [0.717, 1.165) is 17.8 Å². The van der Waals surface area contributed by atoms with E-state index in [9.17, 15) is 0 Å². The summed E-state index contributed by atoms with van der Waals surface area (Å²) >= 11 is 0. The Hall–Kier alpha value is -1.61. The topological polar surface area (TPSA) is 37.0 Å². The second-order valence-electron chi connectivity index (χ2n) is 3.89. The van der Waals surface area contributed by atoms with Crippen LogP contribution in [-0.4, -0.2) is 19.1 Å². The fourth-order valence-corrected chi connectivity index (χ4v) is 1.95. The van der Waals surface area contributed by atoms with E-state index in [1.165, 1.54) is 0 Å². The van der Waals surface area contributed by atoms with E-state index < -0.39 is 0 Å². The highest BCUT2D eigenvalue weighted by Crippen LogP contribution is 2.29. The van der Waals surface area contributed by atoms with E-state index in [1.54, 1.807) is 0 Å². The third kappa shape index (κ3) is 1.86. The molecule has 2 N–H and O–H groups in total. The lowest BCUT2D eigenvalue weighted by molar-refractivity contribution is 0.445. The molecule has 0 spiro atoms. The van der Waals surface area contributed by atoms with Crippen molar-refractivity contribution in [1.82, 2.24) is 10.3 Å². The van der Waals surface area contributed by atoms with Gasteiger partial charge in [-0.3, -0.25) is 4.98 Å². The van der Waals surface area contributed by atoms with Gasteiger partial charge in [0.2, 0.25) is 0 Å². The highest BCUT2D eigenvalue weighted by atomic mass is 15.0. The molecule has 0 aromatic carbocycles. The maximum atomic E-state index is 4.47. The zero-order valence-electron chi connectivity index (χ0n) is 9.70. The Labute approximate surface area is 96.3 Å². The summed E-state index contributed by atoms with van der Waals surface area (Å²) in [6, 6.07) is 4.05. The molecule has 0 saturated heterocycles. The van der Waals surface area contributed by atoms with Crippen molar-refractivity contribution in [2.45, 2.75) is 12.0 Å². The molecule has 1 heterocycles. The van der Waals surface area contributed by atoms with Crippen molar-refractivity contribution < 1.29 is 0 Å². The summed E-state index contributed by atoms with van der Waals surface area (Å²) in [5, 5.41) is 6.49. The maximum Gasteiger partial charge on any atom is 0.0830 e. The lowest BCUT2D eigenvalue weighted by Crippen LogP contribution is -2.39. The summed E-state index contributed by atoms with van der Waals surface area (Å²) in [5.41, 5.74) is 1.96. The van der Waals surface area contributed by atoms with Crippen LogP contribution in [0.5, 0.6) is 0 Å².